The van der Waals surface area contributed by atoms with Crippen molar-refractivity contribution >= 4 is 0 Å². The van der Waals surface area contributed by atoms with Crippen LogP contribution in [0.2, 0.25) is 0 Å². The van der Waals surface area contributed by atoms with E-state index in [1.807, 2.05) is 0 Å². The minimum atomic E-state index is -0.524. The normalized spacial score (nSPS) is 23.6. The molecule has 4 rings (SSSR count). The Morgan fingerprint density at radius 1 is 0.828 bits per heavy atom. The molecule has 1 atom stereocenters. The molecular weight excluding hydrogens is 373 g/mol. The van der Waals surface area contributed by atoms with Gasteiger partial charge in [0.25, 0.3) is 0 Å². The Morgan fingerprint density at radius 3 is 2.31 bits per heavy atom. The molecular formula is C25H29F3O. The molecule has 29 heavy (non-hydrogen) atoms. The zero-order valence-electron chi connectivity index (χ0n) is 16.9. The summed E-state index contributed by atoms with van der Waals surface area (Å²) in [6, 6.07) is 10.8. The van der Waals surface area contributed by atoms with Crippen molar-refractivity contribution in [1.82, 2.24) is 0 Å². The van der Waals surface area contributed by atoms with Crippen molar-refractivity contribution in [2.75, 3.05) is 6.61 Å². The molecule has 0 amide bonds. The van der Waals surface area contributed by atoms with Crippen LogP contribution < -0.4 is 0 Å². The molecule has 0 aromatic heterocycles. The molecule has 2 aliphatic rings. The lowest BCUT2D eigenvalue weighted by Gasteiger charge is -2.47. The highest BCUT2D eigenvalue weighted by Crippen LogP contribution is 2.50. The van der Waals surface area contributed by atoms with Gasteiger partial charge in [0.1, 0.15) is 17.5 Å². The SMILES string of the molecule is Fc1cc(F)cc(CCCC[C@@]2(c3cccc(F)c3)CCOC3(CCCC3)C2)c1. The molecule has 4 heteroatoms. The van der Waals surface area contributed by atoms with Gasteiger partial charge < -0.3 is 4.74 Å². The lowest BCUT2D eigenvalue weighted by molar-refractivity contribution is -0.104. The quantitative estimate of drug-likeness (QED) is 0.479. The average Bonchev–Trinajstić information content (AvgIpc) is 3.12. The number of aryl methyl sites for hydroxylation is 1. The molecule has 0 N–H and O–H groups in total. The number of unbranched alkanes of at least 4 members (excludes halogenated alkanes) is 1. The van der Waals surface area contributed by atoms with Gasteiger partial charge in [-0.15, -0.1) is 0 Å². The molecule has 1 saturated heterocycles. The zero-order valence-corrected chi connectivity index (χ0v) is 16.9. The second-order valence-corrected chi connectivity index (χ2v) is 8.94. The molecule has 0 radical (unpaired) electrons. The fourth-order valence-corrected chi connectivity index (χ4v) is 5.53. The minimum absolute atomic E-state index is 0.0593. The summed E-state index contributed by atoms with van der Waals surface area (Å²) in [4.78, 5) is 0. The average molecular weight is 403 g/mol. The highest BCUT2D eigenvalue weighted by molar-refractivity contribution is 5.28. The molecule has 1 nitrogen and oxygen atoms in total. The van der Waals surface area contributed by atoms with E-state index in [1.165, 1.54) is 31.0 Å². The van der Waals surface area contributed by atoms with E-state index in [2.05, 4.69) is 6.07 Å². The minimum Gasteiger partial charge on any atom is -0.375 e. The van der Waals surface area contributed by atoms with Crippen molar-refractivity contribution in [2.24, 2.45) is 0 Å². The standard InChI is InChI=1S/C25H29F3O/c26-21-8-5-7-20(16-21)24(12-13-29-25(18-24)10-3-4-11-25)9-2-1-6-19-14-22(27)17-23(28)15-19/h5,7-8,14-17H,1-4,6,9-13,18H2/t24-/m1/s1. The third-order valence-corrected chi connectivity index (χ3v) is 6.89. The van der Waals surface area contributed by atoms with Crippen LogP contribution in [0.3, 0.4) is 0 Å². The van der Waals surface area contributed by atoms with Gasteiger partial charge >= 0.3 is 0 Å². The first kappa shape index (κ1) is 20.5. The van der Waals surface area contributed by atoms with Crippen molar-refractivity contribution < 1.29 is 17.9 Å². The van der Waals surface area contributed by atoms with Gasteiger partial charge in [-0.1, -0.05) is 31.4 Å². The highest BCUT2D eigenvalue weighted by Gasteiger charge is 2.47. The summed E-state index contributed by atoms with van der Waals surface area (Å²) >= 11 is 0. The molecule has 1 aliphatic heterocycles. The fraction of sp³-hybridized carbons (Fsp3) is 0.520. The molecule has 2 fully saturated rings. The summed E-state index contributed by atoms with van der Waals surface area (Å²) in [6.45, 7) is 0.714. The van der Waals surface area contributed by atoms with Gasteiger partial charge in [-0.2, -0.15) is 0 Å². The first-order valence-electron chi connectivity index (χ1n) is 10.8. The molecule has 1 saturated carbocycles. The van der Waals surface area contributed by atoms with Crippen molar-refractivity contribution in [3.63, 3.8) is 0 Å². The summed E-state index contributed by atoms with van der Waals surface area (Å²) < 4.78 is 47.2. The highest BCUT2D eigenvalue weighted by atomic mass is 19.1. The van der Waals surface area contributed by atoms with Crippen LogP contribution in [-0.4, -0.2) is 12.2 Å². The number of rotatable bonds is 6. The summed E-state index contributed by atoms with van der Waals surface area (Å²) in [5.74, 6) is -1.24. The molecule has 0 unspecified atom stereocenters. The molecule has 1 heterocycles. The monoisotopic (exact) mass is 402 g/mol. The van der Waals surface area contributed by atoms with Gasteiger partial charge in [-0.3, -0.25) is 0 Å². The van der Waals surface area contributed by atoms with Gasteiger partial charge in [0.15, 0.2) is 0 Å². The van der Waals surface area contributed by atoms with Crippen LogP contribution >= 0.6 is 0 Å². The van der Waals surface area contributed by atoms with Crippen molar-refractivity contribution in [2.45, 2.75) is 75.2 Å². The van der Waals surface area contributed by atoms with Gasteiger partial charge in [0.05, 0.1) is 5.60 Å². The molecule has 0 bridgehead atoms. The second-order valence-electron chi connectivity index (χ2n) is 8.94. The van der Waals surface area contributed by atoms with E-state index in [1.54, 1.807) is 12.1 Å². The summed E-state index contributed by atoms with van der Waals surface area (Å²) in [5, 5.41) is 0. The Morgan fingerprint density at radius 2 is 1.59 bits per heavy atom. The maximum absolute atomic E-state index is 14.0. The van der Waals surface area contributed by atoms with E-state index in [-0.39, 0.29) is 16.8 Å². The number of benzene rings is 2. The van der Waals surface area contributed by atoms with Gasteiger partial charge in [0, 0.05) is 18.1 Å². The largest absolute Gasteiger partial charge is 0.375 e. The molecule has 2 aromatic rings. The number of hydrogen-bond donors (Lipinski definition) is 0. The van der Waals surface area contributed by atoms with Crippen LogP contribution in [0.5, 0.6) is 0 Å². The number of hydrogen-bond acceptors (Lipinski definition) is 1. The van der Waals surface area contributed by atoms with Crippen LogP contribution in [0.4, 0.5) is 13.2 Å². The van der Waals surface area contributed by atoms with Crippen LogP contribution in [0.1, 0.15) is 68.9 Å². The Balaban J connectivity index is 1.48. The van der Waals surface area contributed by atoms with Crippen LogP contribution in [0.15, 0.2) is 42.5 Å². The summed E-state index contributed by atoms with van der Waals surface area (Å²) in [7, 11) is 0. The van der Waals surface area contributed by atoms with Crippen molar-refractivity contribution in [1.29, 1.82) is 0 Å². The third kappa shape index (κ3) is 4.69. The van der Waals surface area contributed by atoms with E-state index in [9.17, 15) is 13.2 Å². The summed E-state index contributed by atoms with van der Waals surface area (Å²) in [6.07, 6.45) is 9.80. The lowest BCUT2D eigenvalue weighted by atomic mass is 9.65. The third-order valence-electron chi connectivity index (χ3n) is 6.89. The molecule has 1 spiro atoms. The smallest absolute Gasteiger partial charge is 0.126 e. The van der Waals surface area contributed by atoms with Gasteiger partial charge in [-0.05, 0) is 80.3 Å². The first-order chi connectivity index (χ1) is 14.0. The molecule has 1 aliphatic carbocycles. The maximum atomic E-state index is 14.0. The zero-order chi connectivity index (χ0) is 20.3. The lowest BCUT2D eigenvalue weighted by Crippen LogP contribution is -2.46. The van der Waals surface area contributed by atoms with E-state index in [0.717, 1.165) is 56.6 Å². The number of ether oxygens (including phenoxy) is 1. The Hall–Kier alpha value is -1.81. The predicted molar refractivity (Wildman–Crippen MR) is 108 cm³/mol. The predicted octanol–water partition coefficient (Wildman–Crippen LogP) is 6.88. The molecule has 2 aromatic carbocycles. The van der Waals surface area contributed by atoms with Crippen LogP contribution in [0.25, 0.3) is 0 Å². The Bertz CT molecular complexity index is 823. The van der Waals surface area contributed by atoms with E-state index in [0.29, 0.717) is 18.6 Å². The topological polar surface area (TPSA) is 9.23 Å². The van der Waals surface area contributed by atoms with Crippen LogP contribution in [0, 0.1) is 17.5 Å². The van der Waals surface area contributed by atoms with E-state index < -0.39 is 11.6 Å². The Kier molecular flexibility index (Phi) is 6.00. The fourth-order valence-electron chi connectivity index (χ4n) is 5.53. The van der Waals surface area contributed by atoms with Crippen LogP contribution in [-0.2, 0) is 16.6 Å². The van der Waals surface area contributed by atoms with Crippen molar-refractivity contribution in [3.05, 3.63) is 71.0 Å². The summed E-state index contributed by atoms with van der Waals surface area (Å²) in [5.41, 5.74) is 1.62. The van der Waals surface area contributed by atoms with Crippen molar-refractivity contribution in [3.8, 4) is 0 Å². The maximum Gasteiger partial charge on any atom is 0.126 e. The van der Waals surface area contributed by atoms with Gasteiger partial charge in [0.2, 0.25) is 0 Å². The first-order valence-corrected chi connectivity index (χ1v) is 10.8. The second kappa shape index (κ2) is 8.51. The molecule has 156 valence electrons. The van der Waals surface area contributed by atoms with Gasteiger partial charge in [-0.25, -0.2) is 13.2 Å². The van der Waals surface area contributed by atoms with E-state index >= 15 is 0 Å². The number of halogens is 3. The Labute approximate surface area is 171 Å². The van der Waals surface area contributed by atoms with E-state index in [4.69, 9.17) is 4.74 Å².